The molecule has 0 aliphatic carbocycles. The van der Waals surface area contributed by atoms with E-state index in [1.54, 1.807) is 23.6 Å². The molecule has 1 atom stereocenters. The highest BCUT2D eigenvalue weighted by atomic mass is 32.1. The smallest absolute Gasteiger partial charge is 0.338 e. The molecule has 1 aliphatic heterocycles. The van der Waals surface area contributed by atoms with Crippen molar-refractivity contribution in [2.75, 3.05) is 6.61 Å². The van der Waals surface area contributed by atoms with E-state index < -0.39 is 16.9 Å². The maximum Gasteiger partial charge on any atom is 0.338 e. The fourth-order valence-corrected chi connectivity index (χ4v) is 7.39. The first-order chi connectivity index (χ1) is 24.2. The van der Waals surface area contributed by atoms with Gasteiger partial charge in [0.05, 0.1) is 33.4 Å². The molecule has 2 aromatic heterocycles. The zero-order chi connectivity index (χ0) is 34.9. The van der Waals surface area contributed by atoms with E-state index in [9.17, 15) is 19.7 Å². The minimum atomic E-state index is -0.757. The number of ether oxygens (including phenoxy) is 1. The van der Waals surface area contributed by atoms with Crippen LogP contribution in [0, 0.1) is 10.1 Å². The summed E-state index contributed by atoms with van der Waals surface area (Å²) in [6.07, 6.45) is 3.87. The molecule has 1 aliphatic rings. The molecular formula is C40H34N4O5S. The van der Waals surface area contributed by atoms with Gasteiger partial charge in [-0.15, -0.1) is 0 Å². The van der Waals surface area contributed by atoms with E-state index >= 15 is 0 Å². The van der Waals surface area contributed by atoms with Gasteiger partial charge in [0.1, 0.15) is 0 Å². The first-order valence-corrected chi connectivity index (χ1v) is 17.2. The standard InChI is InChI=1S/C40H34N4O5S/c1-4-49-39(46)35-36(28-10-6-5-7-11-28)41-40-43(37(35)29-18-16-27(17-19-29)25(2)3)38(45)34(50-40)22-30-24-42(33-13-9-8-12-32(30)33)23-26-14-20-31(21-15-26)44(47)48/h5-22,24-25,37H,4,23H2,1-3H3/b34-22-/t37-/m1/s1. The van der Waals surface area contributed by atoms with E-state index in [0.717, 1.165) is 38.7 Å². The molecule has 0 N–H and O–H groups in total. The number of carbonyl (C=O) groups is 1. The van der Waals surface area contributed by atoms with Crippen LogP contribution in [0.3, 0.4) is 0 Å². The summed E-state index contributed by atoms with van der Waals surface area (Å²) in [5.41, 5.74) is 5.98. The fraction of sp³-hybridized carbons (Fsp3) is 0.175. The average molecular weight is 683 g/mol. The lowest BCUT2D eigenvalue weighted by atomic mass is 9.91. The van der Waals surface area contributed by atoms with Crippen molar-refractivity contribution in [3.05, 3.63) is 173 Å². The predicted octanol–water partition coefficient (Wildman–Crippen LogP) is 6.97. The number of rotatable bonds is 9. The van der Waals surface area contributed by atoms with Crippen molar-refractivity contribution in [2.24, 2.45) is 4.99 Å². The minimum absolute atomic E-state index is 0.0397. The van der Waals surface area contributed by atoms with E-state index in [2.05, 4.69) is 18.4 Å². The second-order valence-electron chi connectivity index (χ2n) is 12.4. The molecule has 50 heavy (non-hydrogen) atoms. The first kappa shape index (κ1) is 32.7. The Hall–Kier alpha value is -5.87. The van der Waals surface area contributed by atoms with Crippen LogP contribution in [-0.2, 0) is 16.1 Å². The van der Waals surface area contributed by atoms with Gasteiger partial charge in [0.2, 0.25) is 0 Å². The van der Waals surface area contributed by atoms with Crippen molar-refractivity contribution in [3.8, 4) is 0 Å². The van der Waals surface area contributed by atoms with Crippen molar-refractivity contribution >= 4 is 45.7 Å². The number of non-ortho nitro benzene ring substituents is 1. The highest BCUT2D eigenvalue weighted by Crippen LogP contribution is 2.36. The Balaban J connectivity index is 1.41. The monoisotopic (exact) mass is 682 g/mol. The summed E-state index contributed by atoms with van der Waals surface area (Å²) >= 11 is 1.28. The number of benzene rings is 4. The number of nitrogens with zero attached hydrogens (tertiary/aromatic N) is 4. The third kappa shape index (κ3) is 6.10. The van der Waals surface area contributed by atoms with Gasteiger partial charge in [0.15, 0.2) is 4.80 Å². The Morgan fingerprint density at radius 2 is 1.68 bits per heavy atom. The molecule has 3 heterocycles. The number of para-hydroxylation sites is 1. The normalized spacial score (nSPS) is 14.6. The Morgan fingerprint density at radius 3 is 2.36 bits per heavy atom. The molecule has 4 aromatic carbocycles. The maximum atomic E-state index is 14.5. The van der Waals surface area contributed by atoms with Crippen molar-refractivity contribution < 1.29 is 14.5 Å². The lowest BCUT2D eigenvalue weighted by Gasteiger charge is -2.26. The number of nitro benzene ring substituents is 1. The number of hydrogen-bond acceptors (Lipinski definition) is 7. The van der Waals surface area contributed by atoms with Crippen LogP contribution in [0.15, 0.2) is 125 Å². The zero-order valence-corrected chi connectivity index (χ0v) is 28.6. The summed E-state index contributed by atoms with van der Waals surface area (Å²) < 4.78 is 9.78. The summed E-state index contributed by atoms with van der Waals surface area (Å²) in [5.74, 6) is -0.204. The van der Waals surface area contributed by atoms with E-state index in [1.807, 2.05) is 91.1 Å². The van der Waals surface area contributed by atoms with Gasteiger partial charge in [-0.3, -0.25) is 19.5 Å². The van der Waals surface area contributed by atoms with Crippen LogP contribution in [0.5, 0.6) is 0 Å². The molecule has 0 amide bonds. The molecule has 6 aromatic rings. The van der Waals surface area contributed by atoms with E-state index in [-0.39, 0.29) is 17.9 Å². The molecular weight excluding hydrogens is 649 g/mol. The Labute approximate surface area is 291 Å². The summed E-state index contributed by atoms with van der Waals surface area (Å²) in [5, 5.41) is 12.1. The summed E-state index contributed by atoms with van der Waals surface area (Å²) in [4.78, 5) is 44.5. The fourth-order valence-electron chi connectivity index (χ4n) is 6.40. The van der Waals surface area contributed by atoms with Crippen molar-refractivity contribution in [1.82, 2.24) is 9.13 Å². The SMILES string of the molecule is CCOC(=O)C1=C(c2ccccc2)N=c2s/c(=C\c3cn(Cc4ccc([N+](=O)[O-])cc4)c4ccccc34)c(=O)n2[C@@H]1c1ccc(C(C)C)cc1. The summed E-state index contributed by atoms with van der Waals surface area (Å²) in [6, 6.07) is 31.3. The molecule has 0 spiro atoms. The third-order valence-corrected chi connectivity index (χ3v) is 9.88. The Bertz CT molecular complexity index is 2460. The molecule has 9 nitrogen and oxygen atoms in total. The van der Waals surface area contributed by atoms with E-state index in [0.29, 0.717) is 33.1 Å². The van der Waals surface area contributed by atoms with Gasteiger partial charge in [-0.2, -0.15) is 0 Å². The van der Waals surface area contributed by atoms with Crippen LogP contribution >= 0.6 is 11.3 Å². The van der Waals surface area contributed by atoms with Crippen LogP contribution in [0.2, 0.25) is 0 Å². The summed E-state index contributed by atoms with van der Waals surface area (Å²) in [6.45, 7) is 6.68. The maximum absolute atomic E-state index is 14.5. The van der Waals surface area contributed by atoms with Crippen LogP contribution in [-0.4, -0.2) is 26.6 Å². The van der Waals surface area contributed by atoms with Crippen LogP contribution < -0.4 is 14.9 Å². The topological polar surface area (TPSA) is 109 Å². The third-order valence-electron chi connectivity index (χ3n) is 8.90. The quantitative estimate of drug-likeness (QED) is 0.0930. The Kier molecular flexibility index (Phi) is 8.86. The Morgan fingerprint density at radius 1 is 0.980 bits per heavy atom. The van der Waals surface area contributed by atoms with Gasteiger partial charge in [0.25, 0.3) is 11.2 Å². The van der Waals surface area contributed by atoms with E-state index in [4.69, 9.17) is 9.73 Å². The molecule has 0 fully saturated rings. The van der Waals surface area contributed by atoms with Gasteiger partial charge >= 0.3 is 5.97 Å². The number of hydrogen-bond donors (Lipinski definition) is 0. The molecule has 7 rings (SSSR count). The summed E-state index contributed by atoms with van der Waals surface area (Å²) in [7, 11) is 0. The van der Waals surface area contributed by atoms with Gasteiger partial charge in [0, 0.05) is 46.9 Å². The average Bonchev–Trinajstić information content (AvgIpc) is 3.63. The largest absolute Gasteiger partial charge is 0.463 e. The lowest BCUT2D eigenvalue weighted by Crippen LogP contribution is -2.40. The van der Waals surface area contributed by atoms with Crippen molar-refractivity contribution in [2.45, 2.75) is 39.3 Å². The molecule has 10 heteroatoms. The van der Waals surface area contributed by atoms with Crippen LogP contribution in [0.4, 0.5) is 5.69 Å². The van der Waals surface area contributed by atoms with Gasteiger partial charge < -0.3 is 9.30 Å². The highest BCUT2D eigenvalue weighted by Gasteiger charge is 2.35. The van der Waals surface area contributed by atoms with Crippen molar-refractivity contribution in [3.63, 3.8) is 0 Å². The zero-order valence-electron chi connectivity index (χ0n) is 27.8. The van der Waals surface area contributed by atoms with Gasteiger partial charge in [-0.25, -0.2) is 9.79 Å². The first-order valence-electron chi connectivity index (χ1n) is 16.4. The number of esters is 1. The van der Waals surface area contributed by atoms with Crippen LogP contribution in [0.25, 0.3) is 22.7 Å². The molecule has 0 bridgehead atoms. The lowest BCUT2D eigenvalue weighted by molar-refractivity contribution is -0.384. The minimum Gasteiger partial charge on any atom is -0.463 e. The van der Waals surface area contributed by atoms with Gasteiger partial charge in [-0.1, -0.05) is 110 Å². The molecule has 0 saturated carbocycles. The second-order valence-corrected chi connectivity index (χ2v) is 13.4. The van der Waals surface area contributed by atoms with Gasteiger partial charge in [-0.05, 0) is 41.7 Å². The molecule has 250 valence electrons. The predicted molar refractivity (Wildman–Crippen MR) is 196 cm³/mol. The number of fused-ring (bicyclic) bond motifs is 2. The highest BCUT2D eigenvalue weighted by molar-refractivity contribution is 7.07. The van der Waals surface area contributed by atoms with Crippen molar-refractivity contribution in [1.29, 1.82) is 0 Å². The number of nitro groups is 1. The molecule has 0 saturated heterocycles. The number of aromatic nitrogens is 2. The van der Waals surface area contributed by atoms with Crippen LogP contribution in [0.1, 0.15) is 60.5 Å². The second kappa shape index (κ2) is 13.6. The number of carbonyl (C=O) groups excluding carboxylic acids is 1. The molecule has 0 radical (unpaired) electrons. The van der Waals surface area contributed by atoms with E-state index in [1.165, 1.54) is 23.5 Å². The molecule has 0 unspecified atom stereocenters. The number of thiazole rings is 1.